The highest BCUT2D eigenvalue weighted by molar-refractivity contribution is 6.61. The van der Waals surface area contributed by atoms with Crippen LogP contribution in [0.1, 0.15) is 0 Å². The van der Waals surface area contributed by atoms with Crippen molar-refractivity contribution in [2.45, 2.75) is 0 Å². The summed E-state index contributed by atoms with van der Waals surface area (Å²) >= 11 is 8.84. The lowest BCUT2D eigenvalue weighted by atomic mass is 11.1. The molecule has 58 valence electrons. The highest BCUT2D eigenvalue weighted by atomic mass is 35.5. The topological polar surface area (TPSA) is 63.6 Å². The first-order chi connectivity index (χ1) is 4.50. The number of hydrogen-bond acceptors (Lipinski definition) is 3. The maximum Gasteiger partial charge on any atom is 0.408 e. The van der Waals surface area contributed by atoms with Crippen LogP contribution in [0.4, 0.5) is 9.59 Å². The summed E-state index contributed by atoms with van der Waals surface area (Å²) in [7, 11) is 0. The van der Waals surface area contributed by atoms with E-state index in [9.17, 15) is 4.79 Å². The van der Waals surface area contributed by atoms with Gasteiger partial charge in [-0.05, 0) is 0 Å². The number of carbonyl (C=O) groups is 2. The second-order valence-electron chi connectivity index (χ2n) is 0.775. The van der Waals surface area contributed by atoms with Crippen molar-refractivity contribution in [3.63, 3.8) is 0 Å². The lowest BCUT2D eigenvalue weighted by Crippen LogP contribution is -1.79. The van der Waals surface area contributed by atoms with Gasteiger partial charge in [-0.3, -0.25) is 0 Å². The smallest absolute Gasteiger partial charge is 0.408 e. The molecule has 0 unspecified atom stereocenters. The van der Waals surface area contributed by atoms with E-state index in [4.69, 9.17) is 9.90 Å². The van der Waals surface area contributed by atoms with Crippen molar-refractivity contribution in [2.24, 2.45) is 0 Å². The van der Waals surface area contributed by atoms with Crippen molar-refractivity contribution in [3.05, 3.63) is 12.8 Å². The van der Waals surface area contributed by atoms with Crippen LogP contribution >= 0.6 is 23.2 Å². The molecular formula is C4H4Cl2O4. The fourth-order valence-corrected chi connectivity index (χ4v) is 0.129. The van der Waals surface area contributed by atoms with E-state index in [0.29, 0.717) is 0 Å². The van der Waals surface area contributed by atoms with Crippen LogP contribution in [0.15, 0.2) is 12.8 Å². The number of rotatable bonds is 1. The Labute approximate surface area is 67.0 Å². The normalized spacial score (nSPS) is 6.60. The van der Waals surface area contributed by atoms with Crippen LogP contribution in [0.25, 0.3) is 0 Å². The Balaban J connectivity index is 0. The maximum atomic E-state index is 9.52. The van der Waals surface area contributed by atoms with E-state index >= 15 is 0 Å². The minimum absolute atomic E-state index is 0.856. The Morgan fingerprint density at radius 2 is 1.80 bits per heavy atom. The molecule has 0 aliphatic carbocycles. The molecule has 0 radical (unpaired) electrons. The summed E-state index contributed by atoms with van der Waals surface area (Å²) in [6, 6.07) is 0. The molecule has 6 heteroatoms. The lowest BCUT2D eigenvalue weighted by molar-refractivity contribution is 0.212. The molecule has 0 aromatic heterocycles. The van der Waals surface area contributed by atoms with Crippen molar-refractivity contribution in [2.75, 3.05) is 0 Å². The Kier molecular flexibility index (Phi) is 9.90. The fourth-order valence-electron chi connectivity index (χ4n) is 0.0655. The van der Waals surface area contributed by atoms with Gasteiger partial charge in [0.1, 0.15) is 0 Å². The minimum Gasteiger partial charge on any atom is -0.469 e. The van der Waals surface area contributed by atoms with Gasteiger partial charge in [-0.25, -0.2) is 9.59 Å². The van der Waals surface area contributed by atoms with Gasteiger partial charge >= 0.3 is 10.9 Å². The van der Waals surface area contributed by atoms with Gasteiger partial charge in [-0.15, -0.1) is 0 Å². The third kappa shape index (κ3) is 55.7. The number of ether oxygens (including phenoxy) is 1. The second kappa shape index (κ2) is 8.26. The molecule has 0 bridgehead atoms. The van der Waals surface area contributed by atoms with Gasteiger partial charge in [-0.1, -0.05) is 6.58 Å². The monoisotopic (exact) mass is 186 g/mol. The molecule has 0 aliphatic rings. The molecule has 4 nitrogen and oxygen atoms in total. The van der Waals surface area contributed by atoms with Crippen molar-refractivity contribution in [1.29, 1.82) is 0 Å². The molecule has 0 amide bonds. The molecule has 0 aromatic rings. The van der Waals surface area contributed by atoms with Crippen LogP contribution in [0.5, 0.6) is 0 Å². The van der Waals surface area contributed by atoms with Crippen LogP contribution in [0.2, 0.25) is 0 Å². The molecule has 1 N–H and O–H groups in total. The van der Waals surface area contributed by atoms with E-state index in [1.807, 2.05) is 0 Å². The summed E-state index contributed by atoms with van der Waals surface area (Å²) in [6.45, 7) is 3.07. The van der Waals surface area contributed by atoms with E-state index in [2.05, 4.69) is 34.5 Å². The van der Waals surface area contributed by atoms with E-state index in [0.717, 1.165) is 6.26 Å². The number of halogens is 2. The van der Waals surface area contributed by atoms with Crippen LogP contribution in [-0.4, -0.2) is 16.0 Å². The minimum atomic E-state index is -1.36. The molecule has 0 spiro atoms. The molecule has 0 aliphatic heterocycles. The average Bonchev–Trinajstić information content (AvgIpc) is 1.62. The first-order valence-electron chi connectivity index (χ1n) is 1.86. The van der Waals surface area contributed by atoms with Crippen LogP contribution in [0.3, 0.4) is 0 Å². The Morgan fingerprint density at radius 3 is 1.80 bits per heavy atom. The number of carboxylic acid groups (broad SMARTS) is 1. The summed E-state index contributed by atoms with van der Waals surface area (Å²) < 4.78 is 3.93. The molecule has 10 heavy (non-hydrogen) atoms. The third-order valence-electron chi connectivity index (χ3n) is 0.176. The van der Waals surface area contributed by atoms with Gasteiger partial charge in [0, 0.05) is 23.2 Å². The zero-order chi connectivity index (χ0) is 8.57. The van der Waals surface area contributed by atoms with Gasteiger partial charge in [0.05, 0.1) is 6.26 Å². The van der Waals surface area contributed by atoms with E-state index in [-0.39, 0.29) is 0 Å². The fraction of sp³-hybridized carbons (Fsp3) is 0. The molecule has 0 fully saturated rings. The van der Waals surface area contributed by atoms with Gasteiger partial charge in [0.2, 0.25) is 0 Å². The Morgan fingerprint density at radius 1 is 1.50 bits per heavy atom. The maximum absolute atomic E-state index is 9.52. The van der Waals surface area contributed by atoms with Crippen molar-refractivity contribution in [1.82, 2.24) is 0 Å². The molecular weight excluding hydrogens is 183 g/mol. The molecule has 0 rings (SSSR count). The van der Waals surface area contributed by atoms with Gasteiger partial charge < -0.3 is 9.84 Å². The Bertz CT molecular complexity index is 129. The SMILES string of the molecule is C=COC(=O)Cl.O=C(O)Cl. The Hall–Kier alpha value is -0.740. The summed E-state index contributed by atoms with van der Waals surface area (Å²) in [5.74, 6) is 0. The van der Waals surface area contributed by atoms with Gasteiger partial charge in [0.15, 0.2) is 0 Å². The summed E-state index contributed by atoms with van der Waals surface area (Å²) in [5.41, 5.74) is -2.22. The predicted molar refractivity (Wildman–Crippen MR) is 36.4 cm³/mol. The zero-order valence-corrected chi connectivity index (χ0v) is 6.22. The standard InChI is InChI=1S/C3H3ClO2.CHClO2/c1-2-6-3(4)5;2-1(3)4/h2H,1H2;(H,3,4). The first kappa shape index (κ1) is 12.0. The van der Waals surface area contributed by atoms with E-state index < -0.39 is 10.9 Å². The van der Waals surface area contributed by atoms with Gasteiger partial charge in [0.25, 0.3) is 0 Å². The van der Waals surface area contributed by atoms with Crippen LogP contribution in [0, 0.1) is 0 Å². The lowest BCUT2D eigenvalue weighted by Gasteiger charge is -1.80. The van der Waals surface area contributed by atoms with Crippen molar-refractivity contribution in [3.8, 4) is 0 Å². The summed E-state index contributed by atoms with van der Waals surface area (Å²) in [5, 5.41) is 7.18. The number of carbonyl (C=O) groups excluding carboxylic acids is 1. The molecule has 0 atom stereocenters. The van der Waals surface area contributed by atoms with Crippen molar-refractivity contribution >= 4 is 34.1 Å². The second-order valence-corrected chi connectivity index (χ2v) is 1.41. The summed E-state index contributed by atoms with van der Waals surface area (Å²) in [4.78, 5) is 18.3. The van der Waals surface area contributed by atoms with Crippen molar-refractivity contribution < 1.29 is 19.4 Å². The zero-order valence-electron chi connectivity index (χ0n) is 4.71. The first-order valence-corrected chi connectivity index (χ1v) is 2.61. The van der Waals surface area contributed by atoms with Gasteiger partial charge in [-0.2, -0.15) is 0 Å². The number of hydrogen-bond donors (Lipinski definition) is 1. The third-order valence-corrected chi connectivity index (χ3v) is 0.265. The molecule has 0 aromatic carbocycles. The highest BCUT2D eigenvalue weighted by Gasteiger charge is 1.83. The van der Waals surface area contributed by atoms with E-state index in [1.165, 1.54) is 0 Å². The average molecular weight is 187 g/mol. The molecule has 0 saturated heterocycles. The predicted octanol–water partition coefficient (Wildman–Crippen LogP) is 2.41. The van der Waals surface area contributed by atoms with Crippen LogP contribution < -0.4 is 0 Å². The molecule has 0 saturated carbocycles. The largest absolute Gasteiger partial charge is 0.469 e. The quantitative estimate of drug-likeness (QED) is 0.505. The van der Waals surface area contributed by atoms with Crippen LogP contribution in [-0.2, 0) is 4.74 Å². The molecule has 0 heterocycles. The van der Waals surface area contributed by atoms with E-state index in [1.54, 1.807) is 0 Å². The highest BCUT2D eigenvalue weighted by Crippen LogP contribution is 1.83. The summed E-state index contributed by atoms with van der Waals surface area (Å²) in [6.07, 6.45) is 0.968.